The SMILES string of the molecule is CC1=CC=C[C@]2(C)CC[C@H]3[C@@H]([C@@H]12)C3(C)C. The average molecular weight is 202 g/mol. The molecule has 0 radical (unpaired) electrons. The number of hydrogen-bond donors (Lipinski definition) is 0. The highest BCUT2D eigenvalue weighted by atomic mass is 14.7. The van der Waals surface area contributed by atoms with Crippen LogP contribution in [0.2, 0.25) is 0 Å². The van der Waals surface area contributed by atoms with Gasteiger partial charge in [0, 0.05) is 0 Å². The molecule has 0 aromatic rings. The molecule has 0 aromatic carbocycles. The lowest BCUT2D eigenvalue weighted by Gasteiger charge is -2.42. The first kappa shape index (κ1) is 9.69. The average Bonchev–Trinajstić information content (AvgIpc) is 2.68. The van der Waals surface area contributed by atoms with Crippen LogP contribution in [-0.4, -0.2) is 0 Å². The van der Waals surface area contributed by atoms with Crippen molar-refractivity contribution in [2.24, 2.45) is 28.6 Å². The fourth-order valence-corrected chi connectivity index (χ4v) is 4.55. The highest BCUT2D eigenvalue weighted by molar-refractivity contribution is 5.32. The first-order valence-electron chi connectivity index (χ1n) is 6.33. The Morgan fingerprint density at radius 3 is 2.73 bits per heavy atom. The fourth-order valence-electron chi connectivity index (χ4n) is 4.55. The largest absolute Gasteiger partial charge is 0.0780 e. The van der Waals surface area contributed by atoms with Crippen LogP contribution in [0.25, 0.3) is 0 Å². The second-order valence-corrected chi connectivity index (χ2v) is 6.75. The van der Waals surface area contributed by atoms with Crippen LogP contribution in [0.1, 0.15) is 40.5 Å². The van der Waals surface area contributed by atoms with E-state index >= 15 is 0 Å². The van der Waals surface area contributed by atoms with Crippen molar-refractivity contribution in [3.8, 4) is 0 Å². The smallest absolute Gasteiger partial charge is 0.00749 e. The van der Waals surface area contributed by atoms with E-state index in [9.17, 15) is 0 Å². The lowest BCUT2D eigenvalue weighted by Crippen LogP contribution is -2.33. The Morgan fingerprint density at radius 2 is 2.00 bits per heavy atom. The third kappa shape index (κ3) is 1.08. The van der Waals surface area contributed by atoms with E-state index < -0.39 is 0 Å². The number of rotatable bonds is 0. The Balaban J connectivity index is 2.01. The third-order valence-electron chi connectivity index (χ3n) is 5.53. The zero-order valence-corrected chi connectivity index (χ0v) is 10.4. The van der Waals surface area contributed by atoms with Gasteiger partial charge < -0.3 is 0 Å². The zero-order chi connectivity index (χ0) is 10.8. The van der Waals surface area contributed by atoms with Crippen molar-refractivity contribution in [3.63, 3.8) is 0 Å². The molecular weight excluding hydrogens is 180 g/mol. The molecule has 82 valence electrons. The zero-order valence-electron chi connectivity index (χ0n) is 10.4. The van der Waals surface area contributed by atoms with Gasteiger partial charge in [-0.3, -0.25) is 0 Å². The van der Waals surface area contributed by atoms with Crippen molar-refractivity contribution in [2.75, 3.05) is 0 Å². The first-order chi connectivity index (χ1) is 6.97. The van der Waals surface area contributed by atoms with Crippen molar-refractivity contribution >= 4 is 0 Å². The van der Waals surface area contributed by atoms with E-state index in [1.165, 1.54) is 12.8 Å². The highest BCUT2D eigenvalue weighted by Crippen LogP contribution is 2.72. The molecule has 0 aromatic heterocycles. The van der Waals surface area contributed by atoms with Crippen molar-refractivity contribution in [1.82, 2.24) is 0 Å². The molecule has 4 atom stereocenters. The van der Waals surface area contributed by atoms with Gasteiger partial charge in [0.25, 0.3) is 0 Å². The molecule has 0 heterocycles. The van der Waals surface area contributed by atoms with Crippen molar-refractivity contribution in [3.05, 3.63) is 23.8 Å². The van der Waals surface area contributed by atoms with Crippen LogP contribution in [0.15, 0.2) is 23.8 Å². The molecule has 0 amide bonds. The molecule has 0 heteroatoms. The predicted molar refractivity (Wildman–Crippen MR) is 64.5 cm³/mol. The van der Waals surface area contributed by atoms with Crippen LogP contribution >= 0.6 is 0 Å². The predicted octanol–water partition coefficient (Wildman–Crippen LogP) is 4.19. The van der Waals surface area contributed by atoms with Crippen molar-refractivity contribution in [1.29, 1.82) is 0 Å². The Bertz CT molecular complexity index is 358. The van der Waals surface area contributed by atoms with Gasteiger partial charge in [-0.15, -0.1) is 0 Å². The maximum Gasteiger partial charge on any atom is -0.00749 e. The van der Waals surface area contributed by atoms with Crippen LogP contribution in [0.3, 0.4) is 0 Å². The summed E-state index contributed by atoms with van der Waals surface area (Å²) in [7, 11) is 0. The minimum absolute atomic E-state index is 0.466. The van der Waals surface area contributed by atoms with Gasteiger partial charge in [0.15, 0.2) is 0 Å². The molecule has 3 aliphatic rings. The lowest BCUT2D eigenvalue weighted by atomic mass is 9.62. The van der Waals surface area contributed by atoms with Crippen molar-refractivity contribution in [2.45, 2.75) is 40.5 Å². The van der Waals surface area contributed by atoms with Gasteiger partial charge in [-0.1, -0.05) is 44.6 Å². The molecule has 3 aliphatic carbocycles. The lowest BCUT2D eigenvalue weighted by molar-refractivity contribution is 0.183. The summed E-state index contributed by atoms with van der Waals surface area (Å²) in [6.07, 6.45) is 9.92. The van der Waals surface area contributed by atoms with Crippen LogP contribution in [-0.2, 0) is 0 Å². The molecule has 2 fully saturated rings. The topological polar surface area (TPSA) is 0 Å². The third-order valence-corrected chi connectivity index (χ3v) is 5.53. The minimum atomic E-state index is 0.466. The second kappa shape index (κ2) is 2.59. The van der Waals surface area contributed by atoms with E-state index in [-0.39, 0.29) is 0 Å². The van der Waals surface area contributed by atoms with Crippen LogP contribution in [0, 0.1) is 28.6 Å². The standard InChI is InChI=1S/C15H22/c1-10-6-5-8-15(4)9-7-11-13(12(10)15)14(11,2)3/h5-6,8,11-13H,7,9H2,1-4H3/t11-,12+,13-,15+/m0/s1. The summed E-state index contributed by atoms with van der Waals surface area (Å²) in [5.74, 6) is 2.79. The second-order valence-electron chi connectivity index (χ2n) is 6.75. The molecule has 0 nitrogen and oxygen atoms in total. The number of fused-ring (bicyclic) bond motifs is 3. The van der Waals surface area contributed by atoms with Gasteiger partial charge in [-0.25, -0.2) is 0 Å². The molecule has 0 N–H and O–H groups in total. The molecule has 3 rings (SSSR count). The summed E-state index contributed by atoms with van der Waals surface area (Å²) in [4.78, 5) is 0. The van der Waals surface area contributed by atoms with Gasteiger partial charge in [0.1, 0.15) is 0 Å². The van der Waals surface area contributed by atoms with E-state index in [0.717, 1.165) is 17.8 Å². The van der Waals surface area contributed by atoms with E-state index in [1.807, 2.05) is 0 Å². The Hall–Kier alpha value is -0.520. The van der Waals surface area contributed by atoms with Gasteiger partial charge in [-0.2, -0.15) is 0 Å². The van der Waals surface area contributed by atoms with Crippen LogP contribution in [0.5, 0.6) is 0 Å². The first-order valence-corrected chi connectivity index (χ1v) is 6.33. The van der Waals surface area contributed by atoms with Gasteiger partial charge in [0.05, 0.1) is 0 Å². The Kier molecular flexibility index (Phi) is 1.67. The molecule has 0 unspecified atom stereocenters. The molecular formula is C15H22. The fraction of sp³-hybridized carbons (Fsp3) is 0.733. The summed E-state index contributed by atoms with van der Waals surface area (Å²) in [6, 6.07) is 0. The molecule has 2 saturated carbocycles. The van der Waals surface area contributed by atoms with Crippen LogP contribution in [0.4, 0.5) is 0 Å². The van der Waals surface area contributed by atoms with Gasteiger partial charge >= 0.3 is 0 Å². The summed E-state index contributed by atoms with van der Waals surface area (Å²) >= 11 is 0. The van der Waals surface area contributed by atoms with E-state index in [0.29, 0.717) is 10.8 Å². The molecule has 0 bridgehead atoms. The Morgan fingerprint density at radius 1 is 1.27 bits per heavy atom. The molecule has 0 aliphatic heterocycles. The monoisotopic (exact) mass is 202 g/mol. The number of allylic oxidation sites excluding steroid dienone is 4. The highest BCUT2D eigenvalue weighted by Gasteiger charge is 2.66. The van der Waals surface area contributed by atoms with E-state index in [2.05, 4.69) is 45.9 Å². The summed E-state index contributed by atoms with van der Waals surface area (Å²) < 4.78 is 0. The summed E-state index contributed by atoms with van der Waals surface area (Å²) in [5.41, 5.74) is 2.71. The normalized spacial score (nSPS) is 50.4. The quantitative estimate of drug-likeness (QED) is 0.552. The van der Waals surface area contributed by atoms with E-state index in [4.69, 9.17) is 0 Å². The molecule has 0 spiro atoms. The van der Waals surface area contributed by atoms with Crippen LogP contribution < -0.4 is 0 Å². The molecule has 0 saturated heterocycles. The molecule has 15 heavy (non-hydrogen) atoms. The summed E-state index contributed by atoms with van der Waals surface area (Å²) in [6.45, 7) is 9.75. The van der Waals surface area contributed by atoms with E-state index in [1.54, 1.807) is 5.57 Å². The summed E-state index contributed by atoms with van der Waals surface area (Å²) in [5, 5.41) is 0. The van der Waals surface area contributed by atoms with Gasteiger partial charge in [0.2, 0.25) is 0 Å². The number of hydrogen-bond acceptors (Lipinski definition) is 0. The Labute approximate surface area is 93.5 Å². The minimum Gasteiger partial charge on any atom is -0.0780 e. The maximum atomic E-state index is 2.47. The van der Waals surface area contributed by atoms with Crippen molar-refractivity contribution < 1.29 is 0 Å². The maximum absolute atomic E-state index is 2.47. The van der Waals surface area contributed by atoms with Gasteiger partial charge in [-0.05, 0) is 48.3 Å².